The number of carbonyl (C=O) groups excluding carboxylic acids is 1. The number of unbranched alkanes of at least 4 members (excludes halogenated alkanes) is 1. The molecule has 0 saturated carbocycles. The number of anilines is 1. The molecule has 3 rings (SSSR count). The number of nitrogens with zero attached hydrogens (tertiary/aromatic N) is 4. The third-order valence-corrected chi connectivity index (χ3v) is 5.27. The molecule has 0 spiro atoms. The quantitative estimate of drug-likeness (QED) is 0.777. The lowest BCUT2D eigenvalue weighted by atomic mass is 9.96. The molecule has 0 aliphatic carbocycles. The molecule has 1 aromatic carbocycles. The molecule has 0 bridgehead atoms. The predicted octanol–water partition coefficient (Wildman–Crippen LogP) is 3.93. The highest BCUT2D eigenvalue weighted by Gasteiger charge is 2.28. The Hall–Kier alpha value is -2.43. The van der Waals surface area contributed by atoms with Crippen molar-refractivity contribution in [1.29, 1.82) is 0 Å². The summed E-state index contributed by atoms with van der Waals surface area (Å²) >= 11 is 0. The van der Waals surface area contributed by atoms with E-state index >= 15 is 0 Å². The summed E-state index contributed by atoms with van der Waals surface area (Å²) in [6, 6.07) is 10.2. The molecule has 0 radical (unpaired) electrons. The van der Waals surface area contributed by atoms with E-state index in [1.165, 1.54) is 5.56 Å². The maximum absolute atomic E-state index is 12.8. The van der Waals surface area contributed by atoms with Crippen LogP contribution in [0.25, 0.3) is 11.4 Å². The zero-order valence-electron chi connectivity index (χ0n) is 16.7. The van der Waals surface area contributed by atoms with Crippen molar-refractivity contribution < 1.29 is 4.79 Å². The normalized spacial score (nSPS) is 17.0. The summed E-state index contributed by atoms with van der Waals surface area (Å²) in [5.74, 6) is 1.97. The number of hydrogen-bond donors (Lipinski definition) is 0. The number of hydrogen-bond acceptors (Lipinski definition) is 4. The molecule has 1 saturated heterocycles. The number of aromatic nitrogens is 2. The summed E-state index contributed by atoms with van der Waals surface area (Å²) < 4.78 is 0. The fourth-order valence-electron chi connectivity index (χ4n) is 3.57. The number of aryl methyl sites for hydroxylation is 1. The monoisotopic (exact) mass is 366 g/mol. The van der Waals surface area contributed by atoms with Gasteiger partial charge >= 0.3 is 0 Å². The van der Waals surface area contributed by atoms with E-state index in [2.05, 4.69) is 48.0 Å². The van der Waals surface area contributed by atoms with Gasteiger partial charge in [0.05, 0.1) is 5.92 Å². The minimum atomic E-state index is 0.0541. The highest BCUT2D eigenvalue weighted by atomic mass is 16.2. The lowest BCUT2D eigenvalue weighted by Crippen LogP contribution is -2.44. The maximum Gasteiger partial charge on any atom is 0.227 e. The highest BCUT2D eigenvalue weighted by Crippen LogP contribution is 2.25. The van der Waals surface area contributed by atoms with Gasteiger partial charge in [0.2, 0.25) is 5.91 Å². The first-order chi connectivity index (χ1) is 13.1. The summed E-state index contributed by atoms with van der Waals surface area (Å²) in [6.45, 7) is 6.74. The Labute approximate surface area is 162 Å². The van der Waals surface area contributed by atoms with Gasteiger partial charge in [-0.15, -0.1) is 0 Å². The SMILES string of the molecule is CCCCN(C)C(=O)C1CCCN(c2ccnc(-c3ccc(C)cc3)n2)C1. The summed E-state index contributed by atoms with van der Waals surface area (Å²) in [5.41, 5.74) is 2.24. The Bertz CT molecular complexity index is 759. The van der Waals surface area contributed by atoms with Crippen molar-refractivity contribution in [3.05, 3.63) is 42.1 Å². The van der Waals surface area contributed by atoms with Gasteiger partial charge in [-0.1, -0.05) is 43.2 Å². The number of piperidine rings is 1. The average Bonchev–Trinajstić information content (AvgIpc) is 2.72. The first-order valence-electron chi connectivity index (χ1n) is 9.98. The number of amides is 1. The van der Waals surface area contributed by atoms with Gasteiger partial charge in [-0.25, -0.2) is 9.97 Å². The van der Waals surface area contributed by atoms with E-state index < -0.39 is 0 Å². The van der Waals surface area contributed by atoms with Crippen LogP contribution >= 0.6 is 0 Å². The van der Waals surface area contributed by atoms with Gasteiger partial charge < -0.3 is 9.80 Å². The summed E-state index contributed by atoms with van der Waals surface area (Å²) in [7, 11) is 1.93. The van der Waals surface area contributed by atoms with Crippen LogP contribution in [0, 0.1) is 12.8 Å². The van der Waals surface area contributed by atoms with Crippen molar-refractivity contribution >= 4 is 11.7 Å². The molecule has 1 amide bonds. The maximum atomic E-state index is 12.8. The van der Waals surface area contributed by atoms with Gasteiger partial charge in [0.1, 0.15) is 5.82 Å². The largest absolute Gasteiger partial charge is 0.356 e. The fraction of sp³-hybridized carbons (Fsp3) is 0.500. The van der Waals surface area contributed by atoms with E-state index in [4.69, 9.17) is 4.98 Å². The van der Waals surface area contributed by atoms with Crippen LogP contribution in [0.1, 0.15) is 38.2 Å². The summed E-state index contributed by atoms with van der Waals surface area (Å²) in [5, 5.41) is 0. The van der Waals surface area contributed by atoms with E-state index in [1.54, 1.807) is 0 Å². The zero-order valence-corrected chi connectivity index (χ0v) is 16.7. The van der Waals surface area contributed by atoms with Crippen molar-refractivity contribution in [3.8, 4) is 11.4 Å². The molecule has 1 unspecified atom stereocenters. The van der Waals surface area contributed by atoms with Crippen molar-refractivity contribution in [1.82, 2.24) is 14.9 Å². The topological polar surface area (TPSA) is 49.3 Å². The molecule has 144 valence electrons. The molecule has 0 N–H and O–H groups in total. The second kappa shape index (κ2) is 8.98. The van der Waals surface area contributed by atoms with Crippen LogP contribution in [0.5, 0.6) is 0 Å². The van der Waals surface area contributed by atoms with Crippen LogP contribution in [0.15, 0.2) is 36.5 Å². The van der Waals surface area contributed by atoms with E-state index in [0.29, 0.717) is 0 Å². The molecule has 27 heavy (non-hydrogen) atoms. The third kappa shape index (κ3) is 4.85. The van der Waals surface area contributed by atoms with Crippen molar-refractivity contribution in [3.63, 3.8) is 0 Å². The van der Waals surface area contributed by atoms with Crippen molar-refractivity contribution in [2.45, 2.75) is 39.5 Å². The molecule has 5 nitrogen and oxygen atoms in total. The molecule has 1 aliphatic heterocycles. The number of benzene rings is 1. The summed E-state index contributed by atoms with van der Waals surface area (Å²) in [6.07, 6.45) is 5.96. The van der Waals surface area contributed by atoms with Crippen LogP contribution in [-0.2, 0) is 4.79 Å². The Kier molecular flexibility index (Phi) is 6.43. The smallest absolute Gasteiger partial charge is 0.227 e. The Balaban J connectivity index is 1.71. The van der Waals surface area contributed by atoms with Crippen LogP contribution in [0.2, 0.25) is 0 Å². The minimum absolute atomic E-state index is 0.0541. The first kappa shape index (κ1) is 19.3. The highest BCUT2D eigenvalue weighted by molar-refractivity contribution is 5.79. The first-order valence-corrected chi connectivity index (χ1v) is 9.98. The van der Waals surface area contributed by atoms with Gasteiger partial charge in [0.25, 0.3) is 0 Å². The molecule has 1 aromatic heterocycles. The Morgan fingerprint density at radius 3 is 2.78 bits per heavy atom. The van der Waals surface area contributed by atoms with Crippen molar-refractivity contribution in [2.75, 3.05) is 31.6 Å². The molecule has 1 aliphatic rings. The van der Waals surface area contributed by atoms with Gasteiger partial charge in [0, 0.05) is 38.4 Å². The lowest BCUT2D eigenvalue weighted by molar-refractivity contribution is -0.134. The number of carbonyl (C=O) groups is 1. The Morgan fingerprint density at radius 2 is 2.04 bits per heavy atom. The van der Waals surface area contributed by atoms with E-state index in [9.17, 15) is 4.79 Å². The number of rotatable bonds is 6. The standard InChI is InChI=1S/C22H30N4O/c1-4-5-14-25(3)22(27)19-7-6-15-26(16-19)20-12-13-23-21(24-20)18-10-8-17(2)9-11-18/h8-13,19H,4-7,14-16H2,1-3H3. The second-order valence-corrected chi connectivity index (χ2v) is 7.50. The lowest BCUT2D eigenvalue weighted by Gasteiger charge is -2.34. The molecule has 1 fully saturated rings. The molecule has 2 aromatic rings. The molecule has 2 heterocycles. The van der Waals surface area contributed by atoms with E-state index in [0.717, 1.165) is 62.5 Å². The van der Waals surface area contributed by atoms with Crippen LogP contribution < -0.4 is 4.90 Å². The van der Waals surface area contributed by atoms with E-state index in [-0.39, 0.29) is 11.8 Å². The van der Waals surface area contributed by atoms with Gasteiger partial charge in [-0.3, -0.25) is 4.79 Å². The second-order valence-electron chi connectivity index (χ2n) is 7.50. The summed E-state index contributed by atoms with van der Waals surface area (Å²) in [4.78, 5) is 26.1. The van der Waals surface area contributed by atoms with Crippen LogP contribution in [0.3, 0.4) is 0 Å². The van der Waals surface area contributed by atoms with Gasteiger partial charge in [0.15, 0.2) is 5.82 Å². The molecule has 1 atom stereocenters. The molecule has 5 heteroatoms. The Morgan fingerprint density at radius 1 is 1.26 bits per heavy atom. The fourth-order valence-corrected chi connectivity index (χ4v) is 3.57. The minimum Gasteiger partial charge on any atom is -0.356 e. The molecular formula is C22H30N4O. The molecular weight excluding hydrogens is 336 g/mol. The van der Waals surface area contributed by atoms with Crippen LogP contribution in [-0.4, -0.2) is 47.5 Å². The third-order valence-electron chi connectivity index (χ3n) is 5.27. The van der Waals surface area contributed by atoms with Gasteiger partial charge in [-0.05, 0) is 32.3 Å². The van der Waals surface area contributed by atoms with Crippen molar-refractivity contribution in [2.24, 2.45) is 5.92 Å². The van der Waals surface area contributed by atoms with E-state index in [1.807, 2.05) is 24.2 Å². The van der Waals surface area contributed by atoms with Crippen LogP contribution in [0.4, 0.5) is 5.82 Å². The zero-order chi connectivity index (χ0) is 19.2. The predicted molar refractivity (Wildman–Crippen MR) is 110 cm³/mol. The average molecular weight is 367 g/mol. The van der Waals surface area contributed by atoms with Gasteiger partial charge in [-0.2, -0.15) is 0 Å².